The molecule has 3 atom stereocenters. The zero-order valence-corrected chi connectivity index (χ0v) is 31.1. The van der Waals surface area contributed by atoms with Gasteiger partial charge in [0.15, 0.2) is 0 Å². The van der Waals surface area contributed by atoms with Crippen LogP contribution in [0, 0.1) is 0 Å². The van der Waals surface area contributed by atoms with Crippen molar-refractivity contribution in [2.24, 2.45) is 5.73 Å². The SMILES string of the molecule is NCC(=O)N[C@@H](CO)C(=O)NCC(=O)NCC(=O)NCC(=O)NCC(=O)NCC(=O)N[C@@H](CO)C(=O)NCC(=O)NCC(=O)NCC(=O)NCC(=O)N[C@@H](CO)C(=O)O. The number of amides is 12. The molecule has 0 aromatic heterocycles. The maximum Gasteiger partial charge on any atom is 0.328 e. The van der Waals surface area contributed by atoms with E-state index in [0.29, 0.717) is 0 Å². The molecule has 0 saturated heterocycles. The molecule has 0 aliphatic heterocycles. The summed E-state index contributed by atoms with van der Waals surface area (Å²) >= 11 is 0. The Balaban J connectivity index is 4.31. The first-order valence-electron chi connectivity index (χ1n) is 16.9. The van der Waals surface area contributed by atoms with Gasteiger partial charge in [-0.15, -0.1) is 0 Å². The van der Waals surface area contributed by atoms with Gasteiger partial charge in [-0.25, -0.2) is 4.79 Å². The van der Waals surface area contributed by atoms with Gasteiger partial charge in [-0.05, 0) is 0 Å². The van der Waals surface area contributed by atoms with E-state index in [-0.39, 0.29) is 0 Å². The van der Waals surface area contributed by atoms with Crippen molar-refractivity contribution in [2.75, 3.05) is 85.3 Å². The van der Waals surface area contributed by atoms with Crippen molar-refractivity contribution in [1.82, 2.24) is 63.8 Å². The van der Waals surface area contributed by atoms with E-state index < -0.39 is 180 Å². The fourth-order valence-electron chi connectivity index (χ4n) is 3.59. The second kappa shape index (κ2) is 29.2. The highest BCUT2D eigenvalue weighted by molar-refractivity contribution is 5.95. The summed E-state index contributed by atoms with van der Waals surface area (Å²) in [6.45, 7) is -8.99. The Bertz CT molecular complexity index is 1560. The van der Waals surface area contributed by atoms with E-state index in [1.165, 1.54) is 0 Å². The van der Waals surface area contributed by atoms with Crippen molar-refractivity contribution < 1.29 is 82.8 Å². The van der Waals surface area contributed by atoms with Crippen LogP contribution in [0.5, 0.6) is 0 Å². The van der Waals surface area contributed by atoms with E-state index in [2.05, 4.69) is 58.5 Å². The number of hydrogen-bond donors (Lipinski definition) is 17. The molecule has 330 valence electrons. The molecule has 0 rings (SSSR count). The average Bonchev–Trinajstić information content (AvgIpc) is 3.21. The van der Waals surface area contributed by atoms with Crippen molar-refractivity contribution in [1.29, 1.82) is 0 Å². The Morgan fingerprint density at radius 2 is 0.559 bits per heavy atom. The van der Waals surface area contributed by atoms with Crippen LogP contribution in [0.3, 0.4) is 0 Å². The molecule has 0 radical (unpaired) electrons. The average molecular weight is 850 g/mol. The van der Waals surface area contributed by atoms with E-state index in [4.69, 9.17) is 21.1 Å². The lowest BCUT2D eigenvalue weighted by Gasteiger charge is -2.16. The van der Waals surface area contributed by atoms with Crippen LogP contribution >= 0.6 is 0 Å². The largest absolute Gasteiger partial charge is 0.480 e. The summed E-state index contributed by atoms with van der Waals surface area (Å²) in [6, 6.07) is -4.53. The first-order valence-corrected chi connectivity index (χ1v) is 16.9. The van der Waals surface area contributed by atoms with Crippen LogP contribution in [-0.2, 0) is 62.3 Å². The zero-order chi connectivity index (χ0) is 44.9. The maximum absolute atomic E-state index is 12.3. The lowest BCUT2D eigenvalue weighted by molar-refractivity contribution is -0.142. The van der Waals surface area contributed by atoms with Crippen molar-refractivity contribution in [3.63, 3.8) is 0 Å². The number of carbonyl (C=O) groups excluding carboxylic acids is 12. The molecule has 18 N–H and O–H groups in total. The summed E-state index contributed by atoms with van der Waals surface area (Å²) < 4.78 is 0. The van der Waals surface area contributed by atoms with Crippen molar-refractivity contribution in [2.45, 2.75) is 18.1 Å². The van der Waals surface area contributed by atoms with Gasteiger partial charge in [0, 0.05) is 0 Å². The van der Waals surface area contributed by atoms with Gasteiger partial charge in [-0.3, -0.25) is 57.5 Å². The molecule has 30 heteroatoms. The zero-order valence-electron chi connectivity index (χ0n) is 31.1. The number of aliphatic carboxylic acids is 1. The van der Waals surface area contributed by atoms with Crippen molar-refractivity contribution >= 4 is 76.9 Å². The molecule has 0 saturated carbocycles. The van der Waals surface area contributed by atoms with Crippen LogP contribution in [0.2, 0.25) is 0 Å². The number of rotatable bonds is 28. The van der Waals surface area contributed by atoms with Gasteiger partial charge in [-0.1, -0.05) is 0 Å². The lowest BCUT2D eigenvalue weighted by Crippen LogP contribution is -2.53. The van der Waals surface area contributed by atoms with Gasteiger partial charge in [0.05, 0.1) is 85.3 Å². The Morgan fingerprint density at radius 1 is 0.339 bits per heavy atom. The summed E-state index contributed by atoms with van der Waals surface area (Å²) in [5.74, 6) is -12.1. The first kappa shape index (κ1) is 51.9. The predicted molar refractivity (Wildman–Crippen MR) is 191 cm³/mol. The molecule has 12 amide bonds. The number of aliphatic hydroxyl groups excluding tert-OH is 3. The van der Waals surface area contributed by atoms with Gasteiger partial charge in [0.25, 0.3) is 0 Å². The maximum atomic E-state index is 12.3. The second-order valence-electron chi connectivity index (χ2n) is 11.3. The Morgan fingerprint density at radius 3 is 0.797 bits per heavy atom. The number of carboxylic acid groups (broad SMARTS) is 1. The number of carboxylic acids is 1. The minimum Gasteiger partial charge on any atom is -0.480 e. The standard InChI is InChI=1S/C29H47N13O17/c30-1-17(46)40-14(11-43)27(56)38-7-23(52)34-3-19(48)31-2-18(47)32-5-21(50)36-9-25(54)41-15(12-44)28(57)39-8-24(53)35-4-20(49)33-6-22(51)37-10-26(55)42-16(13-45)29(58)59/h14-16,43-45H,1-13,30H2,(H,31,48)(H,32,47)(H,33,49)(H,34,52)(H,35,53)(H,36,50)(H,37,51)(H,38,56)(H,39,57)(H,40,46)(H,41,54)(H,42,55)(H,58,59)/t14-,15-,16-/m0/s1. The Kier molecular flexibility index (Phi) is 25.7. The highest BCUT2D eigenvalue weighted by Crippen LogP contribution is 1.86. The van der Waals surface area contributed by atoms with Crippen LogP contribution in [0.25, 0.3) is 0 Å². The minimum absolute atomic E-state index is 0.442. The third-order valence-electron chi connectivity index (χ3n) is 6.64. The van der Waals surface area contributed by atoms with E-state index in [0.717, 1.165) is 0 Å². The van der Waals surface area contributed by atoms with Gasteiger partial charge >= 0.3 is 5.97 Å². The van der Waals surface area contributed by atoms with Crippen LogP contribution in [0.1, 0.15) is 0 Å². The molecular formula is C29H47N13O17. The number of nitrogens with one attached hydrogen (secondary N) is 12. The van der Waals surface area contributed by atoms with Crippen LogP contribution < -0.4 is 69.5 Å². The van der Waals surface area contributed by atoms with Gasteiger partial charge in [-0.2, -0.15) is 0 Å². The molecule has 30 nitrogen and oxygen atoms in total. The highest BCUT2D eigenvalue weighted by Gasteiger charge is 2.23. The van der Waals surface area contributed by atoms with E-state index in [1.807, 2.05) is 5.32 Å². The van der Waals surface area contributed by atoms with Crippen molar-refractivity contribution in [3.05, 3.63) is 0 Å². The van der Waals surface area contributed by atoms with E-state index >= 15 is 0 Å². The smallest absolute Gasteiger partial charge is 0.328 e. The lowest BCUT2D eigenvalue weighted by atomic mass is 10.3. The molecule has 0 unspecified atom stereocenters. The summed E-state index contributed by atoms with van der Waals surface area (Å²) in [5, 5.41) is 61.4. The highest BCUT2D eigenvalue weighted by atomic mass is 16.4. The van der Waals surface area contributed by atoms with Crippen LogP contribution in [-0.4, -0.2) is 201 Å². The summed E-state index contributed by atoms with van der Waals surface area (Å²) in [4.78, 5) is 153. The molecule has 0 aliphatic carbocycles. The van der Waals surface area contributed by atoms with Gasteiger partial charge < -0.3 is 90.0 Å². The third-order valence-corrected chi connectivity index (χ3v) is 6.64. The molecule has 0 spiro atoms. The number of carbonyl (C=O) groups is 13. The molecular weight excluding hydrogens is 802 g/mol. The topological polar surface area (TPSA) is 473 Å². The quantitative estimate of drug-likeness (QED) is 0.0347. The number of hydrogen-bond acceptors (Lipinski definition) is 17. The van der Waals surface area contributed by atoms with E-state index in [1.54, 1.807) is 0 Å². The van der Waals surface area contributed by atoms with Crippen LogP contribution in [0.15, 0.2) is 0 Å². The minimum atomic E-state index is -1.59. The fourth-order valence-corrected chi connectivity index (χ4v) is 3.59. The fraction of sp³-hybridized carbons (Fsp3) is 0.552. The molecule has 0 bridgehead atoms. The Hall–Kier alpha value is -7.05. The Labute approximate surface area is 332 Å². The first-order chi connectivity index (χ1) is 27.8. The molecule has 0 aliphatic rings. The molecule has 0 aromatic carbocycles. The van der Waals surface area contributed by atoms with Gasteiger partial charge in [0.1, 0.15) is 18.1 Å². The monoisotopic (exact) mass is 849 g/mol. The normalized spacial score (nSPS) is 11.7. The molecule has 0 heterocycles. The van der Waals surface area contributed by atoms with Crippen molar-refractivity contribution in [3.8, 4) is 0 Å². The summed E-state index contributed by atoms with van der Waals surface area (Å²) in [7, 11) is 0. The molecule has 0 fully saturated rings. The summed E-state index contributed by atoms with van der Waals surface area (Å²) in [6.07, 6.45) is 0. The van der Waals surface area contributed by atoms with Gasteiger partial charge in [0.2, 0.25) is 70.9 Å². The molecule has 0 aromatic rings. The number of aliphatic hydroxyl groups is 3. The summed E-state index contributed by atoms with van der Waals surface area (Å²) in [5.41, 5.74) is 5.10. The molecule has 59 heavy (non-hydrogen) atoms. The predicted octanol–water partition coefficient (Wildman–Crippen LogP) is -13.5. The third kappa shape index (κ3) is 25.0. The van der Waals surface area contributed by atoms with Crippen LogP contribution in [0.4, 0.5) is 0 Å². The second-order valence-corrected chi connectivity index (χ2v) is 11.3. The van der Waals surface area contributed by atoms with E-state index in [9.17, 15) is 67.4 Å². The number of nitrogens with two attached hydrogens (primary N) is 1.